The summed E-state index contributed by atoms with van der Waals surface area (Å²) in [5.41, 5.74) is -0.513. The number of carbonyl (C=O) groups is 1. The summed E-state index contributed by atoms with van der Waals surface area (Å²) in [5.74, 6) is 0.385. The quantitative estimate of drug-likeness (QED) is 0.600. The minimum atomic E-state index is -0.527. The van der Waals surface area contributed by atoms with E-state index in [1.165, 1.54) is 0 Å². The highest BCUT2D eigenvalue weighted by Crippen LogP contribution is 2.06. The monoisotopic (exact) mass is 207 g/mol. The molecule has 0 spiro atoms. The van der Waals surface area contributed by atoms with Crippen molar-refractivity contribution < 1.29 is 14.6 Å². The van der Waals surface area contributed by atoms with Gasteiger partial charge in [-0.15, -0.1) is 0 Å². The van der Waals surface area contributed by atoms with E-state index in [0.717, 1.165) is 0 Å². The van der Waals surface area contributed by atoms with E-state index in [-0.39, 0.29) is 12.6 Å². The number of hydrogen-bond acceptors (Lipinski definition) is 4. The molecule has 1 amide bonds. The van der Waals surface area contributed by atoms with Crippen molar-refractivity contribution in [2.75, 3.05) is 12.4 Å². The Morgan fingerprint density at radius 2 is 2.15 bits per heavy atom. The zero-order valence-corrected chi connectivity index (χ0v) is 9.10. The van der Waals surface area contributed by atoms with Crippen molar-refractivity contribution in [3.05, 3.63) is 0 Å². The topological polar surface area (TPSA) is 58.6 Å². The van der Waals surface area contributed by atoms with Crippen LogP contribution in [0.5, 0.6) is 0 Å². The predicted octanol–water partition coefficient (Wildman–Crippen LogP) is 0.802. The zero-order valence-electron chi connectivity index (χ0n) is 8.20. The maximum atomic E-state index is 11.1. The van der Waals surface area contributed by atoms with Gasteiger partial charge in [-0.05, 0) is 20.8 Å². The molecule has 4 nitrogen and oxygen atoms in total. The zero-order chi connectivity index (χ0) is 10.5. The molecule has 2 N–H and O–H groups in total. The van der Waals surface area contributed by atoms with Gasteiger partial charge in [-0.2, -0.15) is 12.6 Å². The minimum Gasteiger partial charge on any atom is -0.444 e. The van der Waals surface area contributed by atoms with Crippen molar-refractivity contribution in [3.63, 3.8) is 0 Å². The van der Waals surface area contributed by atoms with E-state index in [1.807, 2.05) is 0 Å². The molecule has 78 valence electrons. The van der Waals surface area contributed by atoms with E-state index < -0.39 is 11.7 Å². The lowest BCUT2D eigenvalue weighted by atomic mass is 10.2. The van der Waals surface area contributed by atoms with Crippen molar-refractivity contribution in [3.8, 4) is 0 Å². The Kier molecular flexibility index (Phi) is 5.17. The van der Waals surface area contributed by atoms with Crippen LogP contribution in [0.15, 0.2) is 0 Å². The van der Waals surface area contributed by atoms with Crippen LogP contribution in [0.3, 0.4) is 0 Å². The number of aliphatic hydroxyl groups is 1. The Morgan fingerprint density at radius 3 is 2.46 bits per heavy atom. The average Bonchev–Trinajstić information content (AvgIpc) is 1.96. The normalized spacial score (nSPS) is 13.6. The highest BCUT2D eigenvalue weighted by Gasteiger charge is 2.18. The fraction of sp³-hybridized carbons (Fsp3) is 0.875. The molecular weight excluding hydrogens is 190 g/mol. The van der Waals surface area contributed by atoms with Crippen LogP contribution in [0.25, 0.3) is 0 Å². The van der Waals surface area contributed by atoms with E-state index in [0.29, 0.717) is 5.75 Å². The number of amides is 1. The SMILES string of the molecule is CC(C)(C)OC(=O)NC(CO)CS. The van der Waals surface area contributed by atoms with E-state index in [9.17, 15) is 4.79 Å². The maximum Gasteiger partial charge on any atom is 0.407 e. The Labute approximate surface area is 84.1 Å². The Morgan fingerprint density at radius 1 is 1.62 bits per heavy atom. The molecule has 5 heteroatoms. The van der Waals surface area contributed by atoms with Crippen LogP contribution < -0.4 is 5.32 Å². The van der Waals surface area contributed by atoms with Crippen LogP contribution in [0.4, 0.5) is 4.79 Å². The van der Waals surface area contributed by atoms with Crippen molar-refractivity contribution in [1.82, 2.24) is 5.32 Å². The summed E-state index contributed by atoms with van der Waals surface area (Å²) in [6.45, 7) is 5.20. The molecule has 0 radical (unpaired) electrons. The molecule has 13 heavy (non-hydrogen) atoms. The van der Waals surface area contributed by atoms with Gasteiger partial charge in [0, 0.05) is 5.75 Å². The number of ether oxygens (including phenoxy) is 1. The van der Waals surface area contributed by atoms with Crippen LogP contribution in [0.2, 0.25) is 0 Å². The predicted molar refractivity (Wildman–Crippen MR) is 54.1 cm³/mol. The average molecular weight is 207 g/mol. The van der Waals surface area contributed by atoms with Gasteiger partial charge < -0.3 is 15.2 Å². The van der Waals surface area contributed by atoms with Crippen molar-refractivity contribution in [1.29, 1.82) is 0 Å². The lowest BCUT2D eigenvalue weighted by Gasteiger charge is -2.21. The Balaban J connectivity index is 3.86. The van der Waals surface area contributed by atoms with Crippen molar-refractivity contribution >= 4 is 18.7 Å². The molecule has 0 aliphatic rings. The third-order valence-electron chi connectivity index (χ3n) is 1.16. The standard InChI is InChI=1S/C8H17NO3S/c1-8(2,3)12-7(11)9-6(4-10)5-13/h6,10,13H,4-5H2,1-3H3,(H,9,11). The third kappa shape index (κ3) is 6.72. The second-order valence-corrected chi connectivity index (χ2v) is 4.07. The number of aliphatic hydroxyl groups excluding tert-OH is 1. The van der Waals surface area contributed by atoms with Gasteiger partial charge in [-0.3, -0.25) is 0 Å². The summed E-state index contributed by atoms with van der Waals surface area (Å²) < 4.78 is 4.98. The van der Waals surface area contributed by atoms with Gasteiger partial charge in [0.05, 0.1) is 12.6 Å². The molecular formula is C8H17NO3S. The molecule has 0 aliphatic carbocycles. The minimum absolute atomic E-state index is 0.136. The molecule has 0 aromatic carbocycles. The van der Waals surface area contributed by atoms with Crippen LogP contribution in [0, 0.1) is 0 Å². The van der Waals surface area contributed by atoms with Gasteiger partial charge in [-0.25, -0.2) is 4.79 Å². The lowest BCUT2D eigenvalue weighted by molar-refractivity contribution is 0.0491. The molecule has 0 aliphatic heterocycles. The van der Waals surface area contributed by atoms with Crippen molar-refractivity contribution in [2.45, 2.75) is 32.4 Å². The van der Waals surface area contributed by atoms with Crippen molar-refractivity contribution in [2.24, 2.45) is 0 Å². The first kappa shape index (κ1) is 12.6. The highest BCUT2D eigenvalue weighted by molar-refractivity contribution is 7.80. The summed E-state index contributed by atoms with van der Waals surface area (Å²) >= 11 is 3.95. The van der Waals surface area contributed by atoms with Crippen LogP contribution in [-0.2, 0) is 4.74 Å². The third-order valence-corrected chi connectivity index (χ3v) is 1.60. The molecule has 0 heterocycles. The van der Waals surface area contributed by atoms with Crippen LogP contribution >= 0.6 is 12.6 Å². The molecule has 0 rings (SSSR count). The molecule has 0 saturated heterocycles. The summed E-state index contributed by atoms with van der Waals surface area (Å²) in [5, 5.41) is 11.2. The largest absolute Gasteiger partial charge is 0.444 e. The molecule has 1 atom stereocenters. The van der Waals surface area contributed by atoms with E-state index in [2.05, 4.69) is 17.9 Å². The van der Waals surface area contributed by atoms with Gasteiger partial charge in [0.2, 0.25) is 0 Å². The molecule has 0 aromatic heterocycles. The van der Waals surface area contributed by atoms with Crippen LogP contribution in [0.1, 0.15) is 20.8 Å². The summed E-state index contributed by atoms with van der Waals surface area (Å²) in [6, 6.07) is -0.349. The van der Waals surface area contributed by atoms with Crippen LogP contribution in [-0.4, -0.2) is 35.2 Å². The first-order valence-electron chi connectivity index (χ1n) is 4.10. The number of carbonyl (C=O) groups excluding carboxylic acids is 1. The Hall–Kier alpha value is -0.420. The lowest BCUT2D eigenvalue weighted by Crippen LogP contribution is -2.42. The molecule has 1 unspecified atom stereocenters. The fourth-order valence-corrected chi connectivity index (χ4v) is 0.830. The van der Waals surface area contributed by atoms with Gasteiger partial charge in [0.25, 0.3) is 0 Å². The Bertz CT molecular complexity index is 163. The maximum absolute atomic E-state index is 11.1. The summed E-state index contributed by atoms with van der Waals surface area (Å²) in [4.78, 5) is 11.1. The van der Waals surface area contributed by atoms with E-state index >= 15 is 0 Å². The molecule has 0 saturated carbocycles. The van der Waals surface area contributed by atoms with Gasteiger partial charge in [0.15, 0.2) is 0 Å². The van der Waals surface area contributed by atoms with E-state index in [1.54, 1.807) is 20.8 Å². The number of thiol groups is 1. The van der Waals surface area contributed by atoms with E-state index in [4.69, 9.17) is 9.84 Å². The van der Waals surface area contributed by atoms with Gasteiger partial charge in [-0.1, -0.05) is 0 Å². The second-order valence-electron chi connectivity index (χ2n) is 3.71. The molecule has 0 aromatic rings. The first-order chi connectivity index (χ1) is 5.89. The smallest absolute Gasteiger partial charge is 0.407 e. The van der Waals surface area contributed by atoms with Gasteiger partial charge in [0.1, 0.15) is 5.60 Å². The first-order valence-corrected chi connectivity index (χ1v) is 4.73. The summed E-state index contributed by atoms with van der Waals surface area (Å²) in [6.07, 6.45) is -0.527. The number of nitrogens with one attached hydrogen (secondary N) is 1. The summed E-state index contributed by atoms with van der Waals surface area (Å²) in [7, 11) is 0. The number of alkyl carbamates (subject to hydrolysis) is 1. The molecule has 0 bridgehead atoms. The number of hydrogen-bond donors (Lipinski definition) is 3. The van der Waals surface area contributed by atoms with Gasteiger partial charge >= 0.3 is 6.09 Å². The number of rotatable bonds is 3. The highest BCUT2D eigenvalue weighted by atomic mass is 32.1. The fourth-order valence-electron chi connectivity index (χ4n) is 0.623. The second kappa shape index (κ2) is 5.34. The molecule has 0 fully saturated rings.